The first-order valence-corrected chi connectivity index (χ1v) is 4.53. The molecule has 0 saturated carbocycles. The number of ether oxygens (including phenoxy) is 1. The molecule has 0 aromatic heterocycles. The lowest BCUT2D eigenvalue weighted by molar-refractivity contribution is 0.198. The fourth-order valence-electron chi connectivity index (χ4n) is 0.510. The van der Waals surface area contributed by atoms with Crippen LogP contribution in [0.1, 0.15) is 12.8 Å². The Bertz CT molecular complexity index is 27.9. The summed E-state index contributed by atoms with van der Waals surface area (Å²) in [5.41, 5.74) is 0. The SMILES string of the molecule is C1CCOC1.CSC. The van der Waals surface area contributed by atoms with Crippen molar-refractivity contribution < 1.29 is 4.74 Å². The van der Waals surface area contributed by atoms with Crippen LogP contribution in [-0.2, 0) is 4.74 Å². The molecule has 1 fully saturated rings. The van der Waals surface area contributed by atoms with E-state index in [2.05, 4.69) is 0 Å². The van der Waals surface area contributed by atoms with E-state index in [0.29, 0.717) is 0 Å². The van der Waals surface area contributed by atoms with Crippen LogP contribution in [0.4, 0.5) is 0 Å². The zero-order valence-electron chi connectivity index (χ0n) is 5.64. The largest absolute Gasteiger partial charge is 0.381 e. The molecule has 2 heteroatoms. The molecule has 0 spiro atoms. The molecule has 0 bridgehead atoms. The van der Waals surface area contributed by atoms with Crippen LogP contribution in [0.5, 0.6) is 0 Å². The van der Waals surface area contributed by atoms with Crippen LogP contribution in [0.2, 0.25) is 0 Å². The molecular formula is C6H14OS. The van der Waals surface area contributed by atoms with Gasteiger partial charge in [-0.1, -0.05) is 0 Å². The van der Waals surface area contributed by atoms with Crippen molar-refractivity contribution in [3.63, 3.8) is 0 Å². The molecular weight excluding hydrogens is 120 g/mol. The lowest BCUT2D eigenvalue weighted by atomic mass is 10.4. The molecule has 1 rings (SSSR count). The van der Waals surface area contributed by atoms with Crippen molar-refractivity contribution >= 4 is 11.8 Å². The summed E-state index contributed by atoms with van der Waals surface area (Å²) in [5.74, 6) is 0. The molecule has 0 aliphatic carbocycles. The van der Waals surface area contributed by atoms with Gasteiger partial charge in [0.25, 0.3) is 0 Å². The van der Waals surface area contributed by atoms with Crippen LogP contribution in [0.15, 0.2) is 0 Å². The van der Waals surface area contributed by atoms with E-state index in [1.807, 2.05) is 12.5 Å². The van der Waals surface area contributed by atoms with Crippen molar-refractivity contribution in [1.29, 1.82) is 0 Å². The quantitative estimate of drug-likeness (QED) is 0.499. The fourth-order valence-corrected chi connectivity index (χ4v) is 0.510. The predicted molar refractivity (Wildman–Crippen MR) is 39.5 cm³/mol. The molecule has 0 aromatic carbocycles. The molecule has 50 valence electrons. The molecule has 0 atom stereocenters. The molecule has 8 heavy (non-hydrogen) atoms. The first-order chi connectivity index (χ1) is 3.91. The van der Waals surface area contributed by atoms with E-state index in [1.165, 1.54) is 12.8 Å². The van der Waals surface area contributed by atoms with Gasteiger partial charge in [-0.05, 0) is 25.4 Å². The van der Waals surface area contributed by atoms with Gasteiger partial charge in [-0.2, -0.15) is 11.8 Å². The second kappa shape index (κ2) is 7.31. The summed E-state index contributed by atoms with van der Waals surface area (Å²) in [5, 5.41) is 0. The Morgan fingerprint density at radius 3 is 1.62 bits per heavy atom. The number of rotatable bonds is 0. The highest BCUT2D eigenvalue weighted by Crippen LogP contribution is 1.98. The summed E-state index contributed by atoms with van der Waals surface area (Å²) in [4.78, 5) is 0. The predicted octanol–water partition coefficient (Wildman–Crippen LogP) is 1.78. The van der Waals surface area contributed by atoms with Crippen molar-refractivity contribution in [2.24, 2.45) is 0 Å². The summed E-state index contributed by atoms with van der Waals surface area (Å²) in [6, 6.07) is 0. The highest BCUT2D eigenvalue weighted by molar-refractivity contribution is 7.97. The van der Waals surface area contributed by atoms with Crippen molar-refractivity contribution in [2.75, 3.05) is 25.7 Å². The maximum Gasteiger partial charge on any atom is 0.0466 e. The van der Waals surface area contributed by atoms with Gasteiger partial charge in [0.1, 0.15) is 0 Å². The molecule has 1 aliphatic rings. The Kier molecular flexibility index (Phi) is 7.59. The standard InChI is InChI=1S/C4H8O.C2H6S/c1-2-4-5-3-1;1-3-2/h1-4H2;1-2H3. The van der Waals surface area contributed by atoms with Crippen LogP contribution in [-0.4, -0.2) is 25.7 Å². The summed E-state index contributed by atoms with van der Waals surface area (Å²) < 4.78 is 4.94. The monoisotopic (exact) mass is 134 g/mol. The van der Waals surface area contributed by atoms with Crippen LogP contribution >= 0.6 is 11.8 Å². The Hall–Kier alpha value is 0.310. The average molecular weight is 134 g/mol. The summed E-state index contributed by atoms with van der Waals surface area (Å²) in [7, 11) is 0. The zero-order valence-corrected chi connectivity index (χ0v) is 6.46. The van der Waals surface area contributed by atoms with Gasteiger partial charge in [0.05, 0.1) is 0 Å². The minimum absolute atomic E-state index is 1.00. The molecule has 0 N–H and O–H groups in total. The third kappa shape index (κ3) is 6.31. The molecule has 1 saturated heterocycles. The molecule has 0 aromatic rings. The molecule has 1 heterocycles. The second-order valence-corrected chi connectivity index (χ2v) is 2.54. The third-order valence-corrected chi connectivity index (χ3v) is 0.827. The van der Waals surface area contributed by atoms with Gasteiger partial charge in [0.2, 0.25) is 0 Å². The van der Waals surface area contributed by atoms with Crippen LogP contribution in [0, 0.1) is 0 Å². The summed E-state index contributed by atoms with van der Waals surface area (Å²) in [6.07, 6.45) is 6.64. The van der Waals surface area contributed by atoms with Gasteiger partial charge in [-0.3, -0.25) is 0 Å². The molecule has 1 nitrogen and oxygen atoms in total. The van der Waals surface area contributed by atoms with Crippen LogP contribution in [0.25, 0.3) is 0 Å². The van der Waals surface area contributed by atoms with Crippen molar-refractivity contribution in [3.05, 3.63) is 0 Å². The molecule has 0 unspecified atom stereocenters. The lowest BCUT2D eigenvalue weighted by Crippen LogP contribution is -1.74. The maximum atomic E-state index is 4.94. The molecule has 0 radical (unpaired) electrons. The Morgan fingerprint density at radius 2 is 1.50 bits per heavy atom. The number of hydrogen-bond acceptors (Lipinski definition) is 2. The highest BCUT2D eigenvalue weighted by Gasteiger charge is 1.94. The second-order valence-electron chi connectivity index (χ2n) is 1.73. The topological polar surface area (TPSA) is 9.23 Å². The van der Waals surface area contributed by atoms with Gasteiger partial charge in [0, 0.05) is 13.2 Å². The highest BCUT2D eigenvalue weighted by atomic mass is 32.2. The van der Waals surface area contributed by atoms with E-state index in [-0.39, 0.29) is 0 Å². The first-order valence-electron chi connectivity index (χ1n) is 2.89. The minimum atomic E-state index is 1.00. The van der Waals surface area contributed by atoms with Gasteiger partial charge >= 0.3 is 0 Å². The Balaban J connectivity index is 0.000000145. The van der Waals surface area contributed by atoms with Crippen LogP contribution in [0.3, 0.4) is 0 Å². The fraction of sp³-hybridized carbons (Fsp3) is 1.00. The van der Waals surface area contributed by atoms with Crippen molar-refractivity contribution in [3.8, 4) is 0 Å². The van der Waals surface area contributed by atoms with E-state index < -0.39 is 0 Å². The lowest BCUT2D eigenvalue weighted by Gasteiger charge is -1.76. The van der Waals surface area contributed by atoms with E-state index in [0.717, 1.165) is 13.2 Å². The maximum absolute atomic E-state index is 4.94. The number of hydrogen-bond donors (Lipinski definition) is 0. The van der Waals surface area contributed by atoms with Crippen molar-refractivity contribution in [1.82, 2.24) is 0 Å². The normalized spacial score (nSPS) is 17.2. The Labute approximate surface area is 55.8 Å². The average Bonchev–Trinajstić information content (AvgIpc) is 2.17. The summed E-state index contributed by atoms with van der Waals surface area (Å²) >= 11 is 1.75. The molecule has 0 amide bonds. The zero-order chi connectivity index (χ0) is 6.24. The van der Waals surface area contributed by atoms with Crippen molar-refractivity contribution in [2.45, 2.75) is 12.8 Å². The number of thioether (sulfide) groups is 1. The van der Waals surface area contributed by atoms with E-state index in [4.69, 9.17) is 4.74 Å². The first kappa shape index (κ1) is 8.31. The minimum Gasteiger partial charge on any atom is -0.381 e. The van der Waals surface area contributed by atoms with Gasteiger partial charge in [-0.25, -0.2) is 0 Å². The van der Waals surface area contributed by atoms with Gasteiger partial charge < -0.3 is 4.74 Å². The van der Waals surface area contributed by atoms with Gasteiger partial charge in [-0.15, -0.1) is 0 Å². The smallest absolute Gasteiger partial charge is 0.0466 e. The summed E-state index contributed by atoms with van der Waals surface area (Å²) in [6.45, 7) is 2.00. The van der Waals surface area contributed by atoms with E-state index in [1.54, 1.807) is 11.8 Å². The molecule has 1 aliphatic heterocycles. The third-order valence-electron chi connectivity index (χ3n) is 0.827. The Morgan fingerprint density at radius 1 is 1.12 bits per heavy atom. The van der Waals surface area contributed by atoms with Gasteiger partial charge in [0.15, 0.2) is 0 Å². The van der Waals surface area contributed by atoms with E-state index in [9.17, 15) is 0 Å². The van der Waals surface area contributed by atoms with E-state index >= 15 is 0 Å². The van der Waals surface area contributed by atoms with Crippen LogP contribution < -0.4 is 0 Å².